The van der Waals surface area contributed by atoms with Gasteiger partial charge >= 0.3 is 12.1 Å². The lowest BCUT2D eigenvalue weighted by Gasteiger charge is -2.39. The molecule has 4 rings (SSSR count). The number of methoxy groups -OCH3 is 2. The van der Waals surface area contributed by atoms with Crippen molar-refractivity contribution in [3.63, 3.8) is 0 Å². The molecule has 8 heteroatoms. The molecule has 1 aromatic rings. The minimum atomic E-state index is -1.06. The summed E-state index contributed by atoms with van der Waals surface area (Å²) in [4.78, 5) is 41.8. The molecule has 0 radical (unpaired) electrons. The van der Waals surface area contributed by atoms with Gasteiger partial charge in [-0.2, -0.15) is 0 Å². The quantitative estimate of drug-likeness (QED) is 0.648. The van der Waals surface area contributed by atoms with E-state index in [9.17, 15) is 19.5 Å². The fourth-order valence-corrected chi connectivity index (χ4v) is 5.94. The van der Waals surface area contributed by atoms with Gasteiger partial charge in [0.25, 0.3) is 5.91 Å². The van der Waals surface area contributed by atoms with Crippen molar-refractivity contribution in [2.24, 2.45) is 11.3 Å². The van der Waals surface area contributed by atoms with E-state index in [1.807, 2.05) is 30.3 Å². The Morgan fingerprint density at radius 2 is 1.83 bits per heavy atom. The Kier molecular flexibility index (Phi) is 6.77. The lowest BCUT2D eigenvalue weighted by molar-refractivity contribution is -0.152. The third-order valence-electron chi connectivity index (χ3n) is 7.75. The van der Waals surface area contributed by atoms with Crippen LogP contribution in [0.4, 0.5) is 4.79 Å². The number of fused-ring (bicyclic) bond motifs is 1. The molecule has 35 heavy (non-hydrogen) atoms. The molecule has 0 aromatic heterocycles. The fraction of sp³-hybridized carbons (Fsp3) is 0.519. The predicted molar refractivity (Wildman–Crippen MR) is 129 cm³/mol. The first-order valence-electron chi connectivity index (χ1n) is 12.0. The van der Waals surface area contributed by atoms with Gasteiger partial charge in [-0.15, -0.1) is 0 Å². The maximum absolute atomic E-state index is 13.7. The second-order valence-electron chi connectivity index (χ2n) is 10.3. The van der Waals surface area contributed by atoms with Crippen LogP contribution in [0.15, 0.2) is 54.3 Å². The van der Waals surface area contributed by atoms with E-state index >= 15 is 0 Å². The summed E-state index contributed by atoms with van der Waals surface area (Å²) in [5.74, 6) is -0.488. The molecule has 3 aliphatic rings. The standard InChI is InChI=1S/C27H34N2O6/c1-26(2,24(31)34-3)21-11-10-20(17-29(21)25(32)35-4)23(30)28-15-13-19-12-14-27(33,22(19)28)16-18-8-6-5-7-9-18/h5-11,17,19,21-22,33H,12-16H2,1-4H3/t19-,21+,22+,27+/m1/s1. The highest BCUT2D eigenvalue weighted by atomic mass is 16.5. The normalized spacial score (nSPS) is 27.9. The largest absolute Gasteiger partial charge is 0.469 e. The fourth-order valence-electron chi connectivity index (χ4n) is 5.94. The molecular weight excluding hydrogens is 448 g/mol. The summed E-state index contributed by atoms with van der Waals surface area (Å²) in [6, 6.07) is 8.86. The van der Waals surface area contributed by atoms with E-state index < -0.39 is 29.1 Å². The van der Waals surface area contributed by atoms with Crippen molar-refractivity contribution in [1.82, 2.24) is 9.80 Å². The van der Waals surface area contributed by atoms with Crippen molar-refractivity contribution >= 4 is 18.0 Å². The average molecular weight is 483 g/mol. The zero-order valence-corrected chi connectivity index (χ0v) is 20.8. The lowest BCUT2D eigenvalue weighted by Crippen LogP contribution is -2.53. The maximum atomic E-state index is 13.7. The molecule has 1 aliphatic carbocycles. The summed E-state index contributed by atoms with van der Waals surface area (Å²) in [6.07, 6.45) is 6.91. The maximum Gasteiger partial charge on any atom is 0.414 e. The van der Waals surface area contributed by atoms with Crippen LogP contribution in [0.2, 0.25) is 0 Å². The van der Waals surface area contributed by atoms with E-state index in [4.69, 9.17) is 9.47 Å². The number of nitrogens with zero attached hydrogens (tertiary/aromatic N) is 2. The second kappa shape index (κ2) is 9.49. The number of carbonyl (C=O) groups excluding carboxylic acids is 3. The number of esters is 1. The van der Waals surface area contributed by atoms with Gasteiger partial charge in [-0.1, -0.05) is 36.4 Å². The van der Waals surface area contributed by atoms with E-state index in [2.05, 4.69) is 0 Å². The minimum Gasteiger partial charge on any atom is -0.469 e. The number of aliphatic hydroxyl groups is 1. The number of benzene rings is 1. The SMILES string of the molecule is COC(=O)N1C=C(C(=O)N2CC[C@H]3CC[C@](O)(Cc4ccccc4)[C@H]32)C=C[C@H]1C(C)(C)C(=O)OC. The van der Waals surface area contributed by atoms with E-state index in [1.165, 1.54) is 25.3 Å². The zero-order valence-electron chi connectivity index (χ0n) is 20.8. The molecule has 1 saturated carbocycles. The highest BCUT2D eigenvalue weighted by Gasteiger charge is 2.54. The highest BCUT2D eigenvalue weighted by molar-refractivity contribution is 5.97. The summed E-state index contributed by atoms with van der Waals surface area (Å²) < 4.78 is 9.87. The molecule has 0 unspecified atom stereocenters. The monoisotopic (exact) mass is 482 g/mol. The number of hydrogen-bond acceptors (Lipinski definition) is 6. The predicted octanol–water partition coefficient (Wildman–Crippen LogP) is 3.06. The van der Waals surface area contributed by atoms with Gasteiger partial charge < -0.3 is 19.5 Å². The van der Waals surface area contributed by atoms with Gasteiger partial charge in [0, 0.05) is 19.2 Å². The summed E-state index contributed by atoms with van der Waals surface area (Å²) >= 11 is 0. The first-order valence-corrected chi connectivity index (χ1v) is 12.0. The molecule has 0 spiro atoms. The minimum absolute atomic E-state index is 0.239. The lowest BCUT2D eigenvalue weighted by atomic mass is 9.82. The Hall–Kier alpha value is -3.13. The van der Waals surface area contributed by atoms with Crippen molar-refractivity contribution in [3.8, 4) is 0 Å². The molecule has 2 aliphatic heterocycles. The van der Waals surface area contributed by atoms with E-state index in [1.54, 1.807) is 30.9 Å². The highest BCUT2D eigenvalue weighted by Crippen LogP contribution is 2.46. The van der Waals surface area contributed by atoms with Gasteiger partial charge in [-0.25, -0.2) is 4.79 Å². The zero-order chi connectivity index (χ0) is 25.4. The van der Waals surface area contributed by atoms with Crippen molar-refractivity contribution < 1.29 is 29.0 Å². The topological polar surface area (TPSA) is 96.4 Å². The van der Waals surface area contributed by atoms with Crippen LogP contribution in [0, 0.1) is 11.3 Å². The number of likely N-dealkylation sites (tertiary alicyclic amines) is 1. The Bertz CT molecular complexity index is 1050. The number of rotatable bonds is 5. The van der Waals surface area contributed by atoms with Crippen LogP contribution >= 0.6 is 0 Å². The first kappa shape index (κ1) is 25.0. The third kappa shape index (κ3) is 4.47. The molecule has 1 saturated heterocycles. The summed E-state index contributed by atoms with van der Waals surface area (Å²) in [7, 11) is 2.55. The molecule has 2 fully saturated rings. The van der Waals surface area contributed by atoms with Crippen LogP contribution in [0.5, 0.6) is 0 Å². The Morgan fingerprint density at radius 1 is 1.11 bits per heavy atom. The number of carbonyl (C=O) groups is 3. The van der Waals surface area contributed by atoms with Gasteiger partial charge in [0.05, 0.1) is 42.9 Å². The second-order valence-corrected chi connectivity index (χ2v) is 10.3. The molecule has 4 atom stereocenters. The molecule has 188 valence electrons. The first-order chi connectivity index (χ1) is 16.6. The number of ether oxygens (including phenoxy) is 2. The van der Waals surface area contributed by atoms with Gasteiger partial charge in [-0.3, -0.25) is 14.5 Å². The molecular formula is C27H34N2O6. The molecule has 8 nitrogen and oxygen atoms in total. The third-order valence-corrected chi connectivity index (χ3v) is 7.75. The Labute approximate surface area is 206 Å². The number of hydrogen-bond donors (Lipinski definition) is 1. The van der Waals surface area contributed by atoms with E-state index in [0.29, 0.717) is 25.0 Å². The van der Waals surface area contributed by atoms with E-state index in [-0.39, 0.29) is 17.9 Å². The molecule has 2 amide bonds. The Morgan fingerprint density at radius 3 is 2.49 bits per heavy atom. The summed E-state index contributed by atoms with van der Waals surface area (Å²) in [6.45, 7) is 3.90. The van der Waals surface area contributed by atoms with Gasteiger partial charge in [0.2, 0.25) is 0 Å². The molecule has 2 heterocycles. The van der Waals surface area contributed by atoms with Crippen LogP contribution in [0.1, 0.15) is 38.7 Å². The molecule has 1 N–H and O–H groups in total. The van der Waals surface area contributed by atoms with Crippen LogP contribution in [0.3, 0.4) is 0 Å². The summed E-state index contributed by atoms with van der Waals surface area (Å²) in [5, 5.41) is 11.7. The smallest absolute Gasteiger partial charge is 0.414 e. The van der Waals surface area contributed by atoms with Crippen LogP contribution in [-0.2, 0) is 25.5 Å². The number of amides is 2. The van der Waals surface area contributed by atoms with Crippen LogP contribution in [0.25, 0.3) is 0 Å². The van der Waals surface area contributed by atoms with Crippen molar-refractivity contribution in [2.45, 2.75) is 57.2 Å². The van der Waals surface area contributed by atoms with E-state index in [0.717, 1.165) is 18.4 Å². The average Bonchev–Trinajstić information content (AvgIpc) is 3.44. The van der Waals surface area contributed by atoms with Gasteiger partial charge in [-0.05, 0) is 50.7 Å². The van der Waals surface area contributed by atoms with Gasteiger partial charge in [0.15, 0.2) is 0 Å². The molecule has 1 aromatic carbocycles. The van der Waals surface area contributed by atoms with Crippen LogP contribution in [-0.4, -0.2) is 71.3 Å². The van der Waals surface area contributed by atoms with Crippen molar-refractivity contribution in [3.05, 3.63) is 59.8 Å². The summed E-state index contributed by atoms with van der Waals surface area (Å²) in [5.41, 5.74) is -0.724. The van der Waals surface area contributed by atoms with Gasteiger partial charge in [0.1, 0.15) is 0 Å². The Balaban J connectivity index is 1.60. The van der Waals surface area contributed by atoms with Crippen LogP contribution < -0.4 is 0 Å². The van der Waals surface area contributed by atoms with Crippen molar-refractivity contribution in [2.75, 3.05) is 20.8 Å². The van der Waals surface area contributed by atoms with Crippen molar-refractivity contribution in [1.29, 1.82) is 0 Å². The molecule has 0 bridgehead atoms.